The van der Waals surface area contributed by atoms with Crippen molar-refractivity contribution in [2.45, 2.75) is 13.1 Å². The minimum absolute atomic E-state index is 0.166. The summed E-state index contributed by atoms with van der Waals surface area (Å²) in [4.78, 5) is 21.3. The van der Waals surface area contributed by atoms with Gasteiger partial charge in [-0.3, -0.25) is 4.79 Å². The van der Waals surface area contributed by atoms with E-state index in [9.17, 15) is 4.79 Å². The highest BCUT2D eigenvalue weighted by molar-refractivity contribution is 5.94. The molecule has 7 nitrogen and oxygen atoms in total. The van der Waals surface area contributed by atoms with Crippen LogP contribution in [0.4, 0.5) is 0 Å². The van der Waals surface area contributed by atoms with E-state index >= 15 is 0 Å². The predicted molar refractivity (Wildman–Crippen MR) is 93.6 cm³/mol. The van der Waals surface area contributed by atoms with E-state index in [0.29, 0.717) is 31.0 Å². The Balaban J connectivity index is 1.76. The van der Waals surface area contributed by atoms with Gasteiger partial charge in [0.05, 0.1) is 20.3 Å². The molecule has 25 heavy (non-hydrogen) atoms. The van der Waals surface area contributed by atoms with Gasteiger partial charge in [-0.05, 0) is 36.4 Å². The van der Waals surface area contributed by atoms with E-state index in [1.807, 2.05) is 16.7 Å². The zero-order chi connectivity index (χ0) is 17.6. The number of hydrogen-bond donors (Lipinski definition) is 1. The molecular weight excluding hydrogens is 320 g/mol. The number of aromatic nitrogens is 3. The molecule has 0 radical (unpaired) electrons. The third-order valence-corrected chi connectivity index (χ3v) is 3.86. The molecule has 1 aromatic carbocycles. The number of nitrogens with one attached hydrogen (secondary N) is 1. The lowest BCUT2D eigenvalue weighted by Crippen LogP contribution is -2.25. The van der Waals surface area contributed by atoms with Crippen molar-refractivity contribution in [3.05, 3.63) is 54.0 Å². The minimum Gasteiger partial charge on any atom is -0.497 e. The molecule has 0 aliphatic carbocycles. The first-order chi connectivity index (χ1) is 12.2. The lowest BCUT2D eigenvalue weighted by atomic mass is 10.2. The first kappa shape index (κ1) is 16.9. The topological polar surface area (TPSA) is 78.3 Å². The Kier molecular flexibility index (Phi) is 5.25. The number of pyridine rings is 1. The van der Waals surface area contributed by atoms with Crippen LogP contribution in [0.3, 0.4) is 0 Å². The summed E-state index contributed by atoms with van der Waals surface area (Å²) in [6, 6.07) is 10.7. The molecule has 0 unspecified atom stereocenters. The van der Waals surface area contributed by atoms with Crippen molar-refractivity contribution in [2.75, 3.05) is 20.8 Å². The molecule has 0 saturated heterocycles. The zero-order valence-corrected chi connectivity index (χ0v) is 14.2. The van der Waals surface area contributed by atoms with Crippen molar-refractivity contribution >= 4 is 17.1 Å². The van der Waals surface area contributed by atoms with Gasteiger partial charge in [-0.2, -0.15) is 0 Å². The normalized spacial score (nSPS) is 10.8. The number of rotatable bonds is 7. The van der Waals surface area contributed by atoms with E-state index in [-0.39, 0.29) is 5.91 Å². The largest absolute Gasteiger partial charge is 0.497 e. The number of imidazole rings is 1. The smallest absolute Gasteiger partial charge is 0.251 e. The molecule has 1 amide bonds. The number of hydrogen-bond acceptors (Lipinski definition) is 5. The maximum absolute atomic E-state index is 12.3. The number of fused-ring (bicyclic) bond motifs is 1. The van der Waals surface area contributed by atoms with Gasteiger partial charge in [-0.25, -0.2) is 9.97 Å². The van der Waals surface area contributed by atoms with Gasteiger partial charge in [-0.1, -0.05) is 0 Å². The van der Waals surface area contributed by atoms with Crippen molar-refractivity contribution in [1.29, 1.82) is 0 Å². The van der Waals surface area contributed by atoms with Gasteiger partial charge < -0.3 is 19.4 Å². The first-order valence-corrected chi connectivity index (χ1v) is 7.94. The van der Waals surface area contributed by atoms with Crippen molar-refractivity contribution in [1.82, 2.24) is 19.9 Å². The number of amides is 1. The maximum Gasteiger partial charge on any atom is 0.251 e. The molecule has 0 fully saturated rings. The number of carbonyl (C=O) groups excluding carboxylic acids is 1. The van der Waals surface area contributed by atoms with Gasteiger partial charge in [0.25, 0.3) is 5.91 Å². The highest BCUT2D eigenvalue weighted by Gasteiger charge is 2.13. The van der Waals surface area contributed by atoms with E-state index in [1.54, 1.807) is 44.7 Å². The fraction of sp³-hybridized carbons (Fsp3) is 0.278. The Labute approximate surface area is 145 Å². The van der Waals surface area contributed by atoms with Crippen LogP contribution in [0.25, 0.3) is 11.2 Å². The molecule has 0 aliphatic heterocycles. The molecule has 3 rings (SSSR count). The van der Waals surface area contributed by atoms with Crippen LogP contribution in [0.15, 0.2) is 42.6 Å². The van der Waals surface area contributed by atoms with E-state index in [0.717, 1.165) is 17.0 Å². The highest BCUT2D eigenvalue weighted by Crippen LogP contribution is 2.14. The Morgan fingerprint density at radius 2 is 2.00 bits per heavy atom. The summed E-state index contributed by atoms with van der Waals surface area (Å²) < 4.78 is 12.2. The van der Waals surface area contributed by atoms with Crippen LogP contribution in [0, 0.1) is 0 Å². The summed E-state index contributed by atoms with van der Waals surface area (Å²) in [5.74, 6) is 1.29. The third-order valence-electron chi connectivity index (χ3n) is 3.86. The van der Waals surface area contributed by atoms with Crippen molar-refractivity contribution < 1.29 is 14.3 Å². The zero-order valence-electron chi connectivity index (χ0n) is 14.2. The van der Waals surface area contributed by atoms with Gasteiger partial charge in [0.15, 0.2) is 5.65 Å². The molecule has 0 atom stereocenters. The van der Waals surface area contributed by atoms with Gasteiger partial charge in [0.1, 0.15) is 17.1 Å². The van der Waals surface area contributed by atoms with Gasteiger partial charge in [-0.15, -0.1) is 0 Å². The second-order valence-corrected chi connectivity index (χ2v) is 5.43. The molecule has 0 bridgehead atoms. The van der Waals surface area contributed by atoms with Crippen LogP contribution < -0.4 is 10.1 Å². The second kappa shape index (κ2) is 7.76. The van der Waals surface area contributed by atoms with Gasteiger partial charge >= 0.3 is 0 Å². The lowest BCUT2D eigenvalue weighted by molar-refractivity contribution is 0.0949. The van der Waals surface area contributed by atoms with Gasteiger partial charge in [0, 0.05) is 25.4 Å². The molecule has 2 aromatic heterocycles. The summed E-state index contributed by atoms with van der Waals surface area (Å²) in [7, 11) is 3.24. The first-order valence-electron chi connectivity index (χ1n) is 7.94. The van der Waals surface area contributed by atoms with E-state index in [4.69, 9.17) is 9.47 Å². The summed E-state index contributed by atoms with van der Waals surface area (Å²) >= 11 is 0. The van der Waals surface area contributed by atoms with Crippen molar-refractivity contribution in [2.24, 2.45) is 0 Å². The Bertz CT molecular complexity index is 858. The van der Waals surface area contributed by atoms with E-state index in [2.05, 4.69) is 15.3 Å². The minimum atomic E-state index is -0.166. The summed E-state index contributed by atoms with van der Waals surface area (Å²) in [5, 5.41) is 2.90. The van der Waals surface area contributed by atoms with Crippen LogP contribution in [-0.2, 0) is 17.8 Å². The Morgan fingerprint density at radius 3 is 2.72 bits per heavy atom. The number of nitrogens with zero attached hydrogens (tertiary/aromatic N) is 3. The van der Waals surface area contributed by atoms with Crippen LogP contribution in [0.2, 0.25) is 0 Å². The molecule has 1 N–H and O–H groups in total. The fourth-order valence-corrected chi connectivity index (χ4v) is 2.56. The molecule has 130 valence electrons. The van der Waals surface area contributed by atoms with Crippen LogP contribution in [-0.4, -0.2) is 41.3 Å². The lowest BCUT2D eigenvalue weighted by Gasteiger charge is -2.09. The number of ether oxygens (including phenoxy) is 2. The molecule has 2 heterocycles. The van der Waals surface area contributed by atoms with Crippen LogP contribution in [0.5, 0.6) is 5.75 Å². The van der Waals surface area contributed by atoms with Crippen molar-refractivity contribution in [3.63, 3.8) is 0 Å². The van der Waals surface area contributed by atoms with E-state index in [1.165, 1.54) is 0 Å². The average Bonchev–Trinajstić information content (AvgIpc) is 3.02. The van der Waals surface area contributed by atoms with Gasteiger partial charge in [0.2, 0.25) is 0 Å². The third kappa shape index (κ3) is 3.77. The molecule has 0 saturated carbocycles. The molecule has 0 aliphatic rings. The summed E-state index contributed by atoms with van der Waals surface area (Å²) in [6.45, 7) is 1.48. The quantitative estimate of drug-likeness (QED) is 0.712. The van der Waals surface area contributed by atoms with E-state index < -0.39 is 0 Å². The predicted octanol–water partition coefficient (Wildman–Crippen LogP) is 2.02. The summed E-state index contributed by atoms with van der Waals surface area (Å²) in [5.41, 5.74) is 2.15. The molecular formula is C18H20N4O3. The number of benzene rings is 1. The second-order valence-electron chi connectivity index (χ2n) is 5.43. The maximum atomic E-state index is 12.3. The SMILES string of the molecule is COCCn1c(CNC(=O)c2ccc(OC)cc2)nc2cccnc21. The average molecular weight is 340 g/mol. The fourth-order valence-electron chi connectivity index (χ4n) is 2.56. The molecule has 0 spiro atoms. The number of methoxy groups -OCH3 is 2. The Morgan fingerprint density at radius 1 is 1.20 bits per heavy atom. The monoisotopic (exact) mass is 340 g/mol. The van der Waals surface area contributed by atoms with Crippen molar-refractivity contribution in [3.8, 4) is 5.75 Å². The highest BCUT2D eigenvalue weighted by atomic mass is 16.5. The Hall–Kier alpha value is -2.93. The number of carbonyl (C=O) groups is 1. The molecule has 3 aromatic rings. The van der Waals surface area contributed by atoms with Crippen LogP contribution in [0.1, 0.15) is 16.2 Å². The van der Waals surface area contributed by atoms with Crippen LogP contribution >= 0.6 is 0 Å². The summed E-state index contributed by atoms with van der Waals surface area (Å²) in [6.07, 6.45) is 1.73. The molecule has 7 heteroatoms. The standard InChI is InChI=1S/C18H20N4O3/c1-24-11-10-22-16(21-15-4-3-9-19-17(15)22)12-20-18(23)13-5-7-14(25-2)8-6-13/h3-9H,10-12H2,1-2H3,(H,20,23).